The minimum Gasteiger partial charge on any atom is -0.312 e. The number of nitrogens with one attached hydrogen (secondary N) is 1. The molecule has 1 atom stereocenters. The molecule has 0 bridgehead atoms. The van der Waals surface area contributed by atoms with Crippen molar-refractivity contribution >= 4 is 51.0 Å². The van der Waals surface area contributed by atoms with Crippen molar-refractivity contribution in [1.29, 1.82) is 0 Å². The molecule has 0 aromatic carbocycles. The summed E-state index contributed by atoms with van der Waals surface area (Å²) in [7, 11) is 0. The Morgan fingerprint density at radius 2 is 2.15 bits per heavy atom. The maximum atomic E-state index is 12.6. The van der Waals surface area contributed by atoms with Gasteiger partial charge in [0.15, 0.2) is 5.54 Å². The fourth-order valence-electron chi connectivity index (χ4n) is 2.94. The smallest absolute Gasteiger partial charge is 0.260 e. The average Bonchev–Trinajstić information content (AvgIpc) is 2.78. The van der Waals surface area contributed by atoms with Gasteiger partial charge >= 0.3 is 0 Å². The van der Waals surface area contributed by atoms with Crippen molar-refractivity contribution in [3.63, 3.8) is 0 Å². The zero-order chi connectivity index (χ0) is 14.3. The van der Waals surface area contributed by atoms with Gasteiger partial charge in [0.05, 0.1) is 5.56 Å². The number of nitrogens with zero attached hydrogens (tertiary/aromatic N) is 1. The molecule has 1 aliphatic carbocycles. The highest BCUT2D eigenvalue weighted by Crippen LogP contribution is 2.64. The number of carbonyl (C=O) groups excluding carboxylic acids is 1. The molecule has 1 amide bonds. The van der Waals surface area contributed by atoms with Crippen molar-refractivity contribution < 1.29 is 4.79 Å². The van der Waals surface area contributed by atoms with Gasteiger partial charge in [0.25, 0.3) is 5.91 Å². The number of rotatable bonds is 3. The molecule has 1 aromatic rings. The first-order valence-electron chi connectivity index (χ1n) is 7.10. The van der Waals surface area contributed by atoms with Crippen LogP contribution in [0.15, 0.2) is 0 Å². The summed E-state index contributed by atoms with van der Waals surface area (Å²) in [6, 6.07) is 0. The van der Waals surface area contributed by atoms with Gasteiger partial charge < -0.3 is 9.76 Å². The minimum atomic E-state index is -2.02. The molecule has 0 spiro atoms. The highest BCUT2D eigenvalue weighted by Gasteiger charge is 2.39. The maximum absolute atomic E-state index is 12.6. The Hall–Kier alpha value is -0.0300. The Morgan fingerprint density at radius 1 is 1.40 bits per heavy atom. The first-order valence-corrected chi connectivity index (χ1v) is 12.3. The zero-order valence-corrected chi connectivity index (χ0v) is 15.1. The van der Waals surface area contributed by atoms with Crippen LogP contribution >= 0.6 is 28.3 Å². The van der Waals surface area contributed by atoms with E-state index in [4.69, 9.17) is 11.8 Å². The second-order valence-electron chi connectivity index (χ2n) is 4.99. The molecule has 3 rings (SSSR count). The molecule has 1 aliphatic heterocycles. The molecule has 0 fully saturated rings. The Morgan fingerprint density at radius 3 is 2.85 bits per heavy atom. The predicted octanol–water partition coefficient (Wildman–Crippen LogP) is 4.17. The standard InChI is InChI=1S/C13H19N2OPS3/c1-3-15-13-11(9-7-5-6-8-10(9)20-13)12(16)14-17(15,18)19-4-2/h3-8H2,1-2H3,(H,14,16,18). The van der Waals surface area contributed by atoms with Gasteiger partial charge in [0.2, 0.25) is 0 Å². The van der Waals surface area contributed by atoms with Crippen molar-refractivity contribution in [2.24, 2.45) is 0 Å². The third-order valence-corrected chi connectivity index (χ3v) is 11.9. The van der Waals surface area contributed by atoms with Gasteiger partial charge in [-0.3, -0.25) is 4.79 Å². The summed E-state index contributed by atoms with van der Waals surface area (Å²) < 4.78 is 2.30. The molecular formula is C13H19N2OPS3. The first kappa shape index (κ1) is 14.9. The van der Waals surface area contributed by atoms with E-state index in [1.54, 1.807) is 11.4 Å². The molecule has 20 heavy (non-hydrogen) atoms. The number of fused-ring (bicyclic) bond motifs is 3. The Bertz CT molecular complexity index is 599. The quantitative estimate of drug-likeness (QED) is 0.833. The van der Waals surface area contributed by atoms with Crippen molar-refractivity contribution in [3.05, 3.63) is 16.0 Å². The number of hydrogen-bond acceptors (Lipinski definition) is 4. The zero-order valence-electron chi connectivity index (χ0n) is 11.8. The summed E-state index contributed by atoms with van der Waals surface area (Å²) >= 11 is 9.38. The molecule has 1 unspecified atom stereocenters. The van der Waals surface area contributed by atoms with Gasteiger partial charge in [0, 0.05) is 11.4 Å². The summed E-state index contributed by atoms with van der Waals surface area (Å²) in [5.74, 6) is 1.02. The van der Waals surface area contributed by atoms with E-state index in [0.29, 0.717) is 0 Å². The number of amides is 1. The normalized spacial score (nSPS) is 25.1. The lowest BCUT2D eigenvalue weighted by Crippen LogP contribution is -2.36. The van der Waals surface area contributed by atoms with E-state index >= 15 is 0 Å². The molecule has 2 aliphatic rings. The van der Waals surface area contributed by atoms with Crippen LogP contribution in [0.3, 0.4) is 0 Å². The van der Waals surface area contributed by atoms with Crippen molar-refractivity contribution in [2.75, 3.05) is 17.0 Å². The summed E-state index contributed by atoms with van der Waals surface area (Å²) in [5.41, 5.74) is 0.210. The van der Waals surface area contributed by atoms with Crippen molar-refractivity contribution in [3.8, 4) is 0 Å². The summed E-state index contributed by atoms with van der Waals surface area (Å²) in [6.45, 7) is 5.11. The first-order chi connectivity index (χ1) is 9.60. The van der Waals surface area contributed by atoms with Crippen LogP contribution in [-0.2, 0) is 24.6 Å². The Labute approximate surface area is 133 Å². The molecule has 7 heteroatoms. The van der Waals surface area contributed by atoms with Crippen LogP contribution in [0.1, 0.15) is 47.5 Å². The lowest BCUT2D eigenvalue weighted by molar-refractivity contribution is 0.0981. The average molecular weight is 346 g/mol. The fourth-order valence-corrected chi connectivity index (χ4v) is 11.1. The second kappa shape index (κ2) is 5.64. The fraction of sp³-hybridized carbons (Fsp3) is 0.615. The lowest BCUT2D eigenvalue weighted by atomic mass is 9.95. The Balaban J connectivity index is 2.13. The van der Waals surface area contributed by atoms with E-state index in [0.717, 1.165) is 35.7 Å². The molecule has 1 aromatic heterocycles. The third-order valence-electron chi connectivity index (χ3n) is 3.78. The summed E-state index contributed by atoms with van der Waals surface area (Å²) in [4.78, 5) is 14.0. The molecule has 110 valence electrons. The van der Waals surface area contributed by atoms with E-state index in [2.05, 4.69) is 23.6 Å². The van der Waals surface area contributed by atoms with E-state index in [9.17, 15) is 4.79 Å². The maximum Gasteiger partial charge on any atom is 0.260 e. The second-order valence-corrected chi connectivity index (χ2v) is 13.3. The highest BCUT2D eigenvalue weighted by molar-refractivity contribution is 8.70. The van der Waals surface area contributed by atoms with E-state index in [-0.39, 0.29) is 5.91 Å². The number of carbonyl (C=O) groups is 1. The number of thiophene rings is 1. The summed E-state index contributed by atoms with van der Waals surface area (Å²) in [6.07, 6.45) is 4.63. The van der Waals surface area contributed by atoms with Crippen LogP contribution in [0.2, 0.25) is 0 Å². The number of aryl methyl sites for hydroxylation is 1. The minimum absolute atomic E-state index is 0.0772. The molecule has 0 saturated heterocycles. The van der Waals surface area contributed by atoms with E-state index in [1.807, 2.05) is 11.3 Å². The SMILES string of the molecule is CCSP1(=S)NC(=O)c2c(sc3c2CCCC3)N1CC. The van der Waals surface area contributed by atoms with Crippen LogP contribution < -0.4 is 9.76 Å². The van der Waals surface area contributed by atoms with Crippen molar-refractivity contribution in [1.82, 2.24) is 5.09 Å². The summed E-state index contributed by atoms with van der Waals surface area (Å²) in [5, 5.41) is 4.32. The topological polar surface area (TPSA) is 32.3 Å². The van der Waals surface area contributed by atoms with Crippen LogP contribution in [0.5, 0.6) is 0 Å². The third kappa shape index (κ3) is 2.25. The number of hydrogen-bond donors (Lipinski definition) is 1. The van der Waals surface area contributed by atoms with Crippen LogP contribution in [-0.4, -0.2) is 18.2 Å². The van der Waals surface area contributed by atoms with Gasteiger partial charge in [-0.15, -0.1) is 11.3 Å². The largest absolute Gasteiger partial charge is 0.312 e. The highest BCUT2D eigenvalue weighted by atomic mass is 32.9. The molecular weight excluding hydrogens is 327 g/mol. The lowest BCUT2D eigenvalue weighted by Gasteiger charge is -2.38. The van der Waals surface area contributed by atoms with Gasteiger partial charge in [-0.2, -0.15) is 0 Å². The number of anilines is 1. The van der Waals surface area contributed by atoms with Crippen LogP contribution in [0.25, 0.3) is 0 Å². The predicted molar refractivity (Wildman–Crippen MR) is 93.9 cm³/mol. The Kier molecular flexibility index (Phi) is 4.20. The molecule has 0 radical (unpaired) electrons. The molecule has 1 N–H and O–H groups in total. The molecule has 3 nitrogen and oxygen atoms in total. The molecule has 0 saturated carbocycles. The van der Waals surface area contributed by atoms with E-state index in [1.165, 1.54) is 23.3 Å². The van der Waals surface area contributed by atoms with Gasteiger partial charge in [-0.05, 0) is 55.7 Å². The van der Waals surface area contributed by atoms with Crippen molar-refractivity contribution in [2.45, 2.75) is 39.5 Å². The van der Waals surface area contributed by atoms with Crippen LogP contribution in [0.4, 0.5) is 5.00 Å². The van der Waals surface area contributed by atoms with Gasteiger partial charge in [-0.1, -0.05) is 18.3 Å². The van der Waals surface area contributed by atoms with Gasteiger partial charge in [-0.25, -0.2) is 0 Å². The van der Waals surface area contributed by atoms with E-state index < -0.39 is 5.54 Å². The molecule has 2 heterocycles. The van der Waals surface area contributed by atoms with Gasteiger partial charge in [0.1, 0.15) is 5.00 Å². The monoisotopic (exact) mass is 346 g/mol. The van der Waals surface area contributed by atoms with Crippen LogP contribution in [0, 0.1) is 0 Å².